The Kier molecular flexibility index (Phi) is 6.15. The number of hydrogen-bond acceptors (Lipinski definition) is 5. The van der Waals surface area contributed by atoms with Crippen LogP contribution in [0.25, 0.3) is 0 Å². The molecule has 7 nitrogen and oxygen atoms in total. The van der Waals surface area contributed by atoms with Gasteiger partial charge in [-0.05, 0) is 12.5 Å². The number of carbonyl (C=O) groups excluding carboxylic acids is 2. The molecule has 0 aromatic carbocycles. The SMILES string of the molecule is C=CCNC(=O)COC(=O)c1ccc(=O)n(CCC)n1. The third kappa shape index (κ3) is 4.68. The fraction of sp³-hybridized carbons (Fsp3) is 0.385. The van der Waals surface area contributed by atoms with E-state index in [1.54, 1.807) is 0 Å². The first-order valence-corrected chi connectivity index (χ1v) is 6.21. The molecular weight excluding hydrogens is 262 g/mol. The van der Waals surface area contributed by atoms with Crippen LogP contribution in [0, 0.1) is 0 Å². The number of ether oxygens (including phenoxy) is 1. The summed E-state index contributed by atoms with van der Waals surface area (Å²) in [5.41, 5.74) is -0.290. The summed E-state index contributed by atoms with van der Waals surface area (Å²) in [4.78, 5) is 34.4. The minimum Gasteiger partial charge on any atom is -0.451 e. The van der Waals surface area contributed by atoms with E-state index in [1.165, 1.54) is 22.9 Å². The van der Waals surface area contributed by atoms with E-state index < -0.39 is 18.5 Å². The topological polar surface area (TPSA) is 90.3 Å². The summed E-state index contributed by atoms with van der Waals surface area (Å²) in [7, 11) is 0. The highest BCUT2D eigenvalue weighted by molar-refractivity contribution is 5.89. The van der Waals surface area contributed by atoms with Crippen molar-refractivity contribution in [3.63, 3.8) is 0 Å². The molecule has 0 fully saturated rings. The van der Waals surface area contributed by atoms with E-state index in [1.807, 2.05) is 6.92 Å². The average Bonchev–Trinajstić information content (AvgIpc) is 2.45. The summed E-state index contributed by atoms with van der Waals surface area (Å²) >= 11 is 0. The zero-order valence-corrected chi connectivity index (χ0v) is 11.3. The van der Waals surface area contributed by atoms with Crippen LogP contribution in [-0.4, -0.2) is 34.8 Å². The van der Waals surface area contributed by atoms with Crippen molar-refractivity contribution in [1.29, 1.82) is 0 Å². The van der Waals surface area contributed by atoms with Crippen LogP contribution in [0.5, 0.6) is 0 Å². The zero-order valence-electron chi connectivity index (χ0n) is 11.3. The molecule has 0 unspecified atom stereocenters. The number of nitrogens with zero attached hydrogens (tertiary/aromatic N) is 2. The molecule has 0 aliphatic heterocycles. The fourth-order valence-electron chi connectivity index (χ4n) is 1.37. The first-order valence-electron chi connectivity index (χ1n) is 6.21. The Morgan fingerprint density at radius 1 is 1.50 bits per heavy atom. The van der Waals surface area contributed by atoms with Crippen LogP contribution in [0.1, 0.15) is 23.8 Å². The third-order valence-corrected chi connectivity index (χ3v) is 2.29. The Morgan fingerprint density at radius 3 is 2.90 bits per heavy atom. The Balaban J connectivity index is 2.63. The Labute approximate surface area is 116 Å². The molecular formula is C13H17N3O4. The number of amides is 1. The maximum absolute atomic E-state index is 11.7. The second-order valence-corrected chi connectivity index (χ2v) is 3.95. The quantitative estimate of drug-likeness (QED) is 0.565. The van der Waals surface area contributed by atoms with Gasteiger partial charge in [0, 0.05) is 19.2 Å². The molecule has 1 aromatic heterocycles. The maximum atomic E-state index is 11.7. The van der Waals surface area contributed by atoms with Gasteiger partial charge in [-0.1, -0.05) is 13.0 Å². The number of rotatable bonds is 7. The molecule has 108 valence electrons. The van der Waals surface area contributed by atoms with Gasteiger partial charge >= 0.3 is 5.97 Å². The Bertz CT molecular complexity index is 551. The third-order valence-electron chi connectivity index (χ3n) is 2.29. The van der Waals surface area contributed by atoms with Crippen LogP contribution < -0.4 is 10.9 Å². The standard InChI is InChI=1S/C13H17N3O4/c1-3-7-14-11(17)9-20-13(19)10-5-6-12(18)16(15-10)8-4-2/h3,5-6H,1,4,7-9H2,2H3,(H,14,17). The number of hydrogen-bond donors (Lipinski definition) is 1. The first kappa shape index (κ1) is 15.6. The molecule has 7 heteroatoms. The van der Waals surface area contributed by atoms with Gasteiger partial charge < -0.3 is 10.1 Å². The van der Waals surface area contributed by atoms with E-state index in [4.69, 9.17) is 4.74 Å². The molecule has 0 aliphatic rings. The largest absolute Gasteiger partial charge is 0.451 e. The lowest BCUT2D eigenvalue weighted by atomic mass is 10.4. The summed E-state index contributed by atoms with van der Waals surface area (Å²) in [5.74, 6) is -1.18. The molecule has 1 N–H and O–H groups in total. The van der Waals surface area contributed by atoms with Crippen LogP contribution >= 0.6 is 0 Å². The van der Waals surface area contributed by atoms with Gasteiger partial charge in [-0.15, -0.1) is 6.58 Å². The van der Waals surface area contributed by atoms with Crippen molar-refractivity contribution in [2.24, 2.45) is 0 Å². The number of esters is 1. The summed E-state index contributed by atoms with van der Waals surface area (Å²) < 4.78 is 5.99. The van der Waals surface area contributed by atoms with Gasteiger partial charge in [0.15, 0.2) is 12.3 Å². The van der Waals surface area contributed by atoms with E-state index >= 15 is 0 Å². The second-order valence-electron chi connectivity index (χ2n) is 3.95. The summed E-state index contributed by atoms with van der Waals surface area (Å²) in [5, 5.41) is 6.35. The molecule has 1 heterocycles. The molecule has 1 aromatic rings. The normalized spacial score (nSPS) is 9.85. The van der Waals surface area contributed by atoms with Crippen LogP contribution in [0.2, 0.25) is 0 Å². The Morgan fingerprint density at radius 2 is 2.25 bits per heavy atom. The van der Waals surface area contributed by atoms with Crippen LogP contribution in [0.3, 0.4) is 0 Å². The molecule has 0 bridgehead atoms. The van der Waals surface area contributed by atoms with Gasteiger partial charge in [0.2, 0.25) is 0 Å². The zero-order chi connectivity index (χ0) is 15.0. The first-order chi connectivity index (χ1) is 9.58. The predicted molar refractivity (Wildman–Crippen MR) is 72.3 cm³/mol. The van der Waals surface area contributed by atoms with Crippen LogP contribution in [-0.2, 0) is 16.1 Å². The van der Waals surface area contributed by atoms with Crippen molar-refractivity contribution < 1.29 is 14.3 Å². The minimum absolute atomic E-state index is 0.00503. The van der Waals surface area contributed by atoms with Crippen LogP contribution in [0.4, 0.5) is 0 Å². The monoisotopic (exact) mass is 279 g/mol. The second kappa shape index (κ2) is 7.88. The van der Waals surface area contributed by atoms with Crippen molar-refractivity contribution in [3.8, 4) is 0 Å². The Hall–Kier alpha value is -2.44. The summed E-state index contributed by atoms with van der Waals surface area (Å²) in [6.07, 6.45) is 2.23. The summed E-state index contributed by atoms with van der Waals surface area (Å²) in [6, 6.07) is 2.52. The molecule has 0 atom stereocenters. The van der Waals surface area contributed by atoms with Gasteiger partial charge in [-0.3, -0.25) is 9.59 Å². The molecule has 0 aliphatic carbocycles. The highest BCUT2D eigenvalue weighted by Gasteiger charge is 2.12. The predicted octanol–water partition coefficient (Wildman–Crippen LogP) is 0.112. The van der Waals surface area contributed by atoms with Gasteiger partial charge in [-0.2, -0.15) is 5.10 Å². The lowest BCUT2D eigenvalue weighted by Crippen LogP contribution is -2.30. The fourth-order valence-corrected chi connectivity index (χ4v) is 1.37. The number of carbonyl (C=O) groups is 2. The molecule has 20 heavy (non-hydrogen) atoms. The minimum atomic E-state index is -0.747. The molecule has 0 spiro atoms. The van der Waals surface area contributed by atoms with Gasteiger partial charge in [0.25, 0.3) is 11.5 Å². The highest BCUT2D eigenvalue weighted by atomic mass is 16.5. The van der Waals surface area contributed by atoms with E-state index in [-0.39, 0.29) is 11.3 Å². The van der Waals surface area contributed by atoms with Crippen molar-refractivity contribution in [2.45, 2.75) is 19.9 Å². The molecule has 1 amide bonds. The van der Waals surface area contributed by atoms with Gasteiger partial charge in [0.1, 0.15) is 0 Å². The smallest absolute Gasteiger partial charge is 0.359 e. The average molecular weight is 279 g/mol. The number of aromatic nitrogens is 2. The molecule has 0 saturated heterocycles. The van der Waals surface area contributed by atoms with Crippen molar-refractivity contribution >= 4 is 11.9 Å². The molecule has 1 rings (SSSR count). The number of aryl methyl sites for hydroxylation is 1. The van der Waals surface area contributed by atoms with Crippen molar-refractivity contribution in [3.05, 3.63) is 40.8 Å². The van der Waals surface area contributed by atoms with Gasteiger partial charge in [0.05, 0.1) is 0 Å². The molecule has 0 radical (unpaired) electrons. The van der Waals surface area contributed by atoms with E-state index in [0.29, 0.717) is 13.1 Å². The van der Waals surface area contributed by atoms with Crippen LogP contribution in [0.15, 0.2) is 29.6 Å². The summed E-state index contributed by atoms with van der Waals surface area (Å²) in [6.45, 7) is 5.65. The van der Waals surface area contributed by atoms with Crippen molar-refractivity contribution in [1.82, 2.24) is 15.1 Å². The highest BCUT2D eigenvalue weighted by Crippen LogP contribution is 1.95. The van der Waals surface area contributed by atoms with E-state index in [9.17, 15) is 14.4 Å². The van der Waals surface area contributed by atoms with Crippen molar-refractivity contribution in [2.75, 3.05) is 13.2 Å². The van der Waals surface area contributed by atoms with E-state index in [0.717, 1.165) is 6.42 Å². The lowest BCUT2D eigenvalue weighted by Gasteiger charge is -2.06. The van der Waals surface area contributed by atoms with Gasteiger partial charge in [-0.25, -0.2) is 9.48 Å². The molecule has 0 saturated carbocycles. The number of nitrogens with one attached hydrogen (secondary N) is 1. The lowest BCUT2D eigenvalue weighted by molar-refractivity contribution is -0.124. The maximum Gasteiger partial charge on any atom is 0.359 e. The van der Waals surface area contributed by atoms with E-state index in [2.05, 4.69) is 17.0 Å².